The topological polar surface area (TPSA) is 84.2 Å². The van der Waals surface area contributed by atoms with E-state index in [0.717, 1.165) is 5.56 Å². The molecule has 1 rings (SSSR count). The number of benzene rings is 1. The van der Waals surface area contributed by atoms with E-state index >= 15 is 0 Å². The molecule has 0 heterocycles. The molecule has 0 saturated heterocycles. The largest absolute Gasteiger partial charge is 0.326 e. The van der Waals surface area contributed by atoms with Gasteiger partial charge in [0, 0.05) is 17.8 Å². The quantitative estimate of drug-likeness (QED) is 0.753. The molecule has 0 aliphatic rings. The van der Waals surface area contributed by atoms with E-state index < -0.39 is 6.04 Å². The highest BCUT2D eigenvalue weighted by atomic mass is 16.2. The average molecular weight is 291 g/mol. The molecule has 5 nitrogen and oxygen atoms in total. The van der Waals surface area contributed by atoms with Gasteiger partial charge in [-0.05, 0) is 37.0 Å². The molecular weight excluding hydrogens is 266 g/mol. The standard InChI is InChI=1S/C16H25N3O2/c1-5-15(20)18-13-7-6-8-14(11(13)4)19-16(21)12(17)9-10(2)3/h6-8,10,12H,5,9,17H2,1-4H3,(H,18,20)(H,19,21). The number of carbonyl (C=O) groups is 2. The number of carbonyl (C=O) groups excluding carboxylic acids is 2. The van der Waals surface area contributed by atoms with E-state index in [9.17, 15) is 9.59 Å². The van der Waals surface area contributed by atoms with Crippen LogP contribution in [-0.4, -0.2) is 17.9 Å². The highest BCUT2D eigenvalue weighted by Gasteiger charge is 2.16. The summed E-state index contributed by atoms with van der Waals surface area (Å²) in [6.07, 6.45) is 1.05. The Kier molecular flexibility index (Phi) is 6.37. The van der Waals surface area contributed by atoms with Gasteiger partial charge in [-0.3, -0.25) is 9.59 Å². The van der Waals surface area contributed by atoms with Gasteiger partial charge >= 0.3 is 0 Å². The van der Waals surface area contributed by atoms with Crippen molar-refractivity contribution in [3.05, 3.63) is 23.8 Å². The molecule has 0 saturated carbocycles. The summed E-state index contributed by atoms with van der Waals surface area (Å²) in [5.74, 6) is 0.103. The van der Waals surface area contributed by atoms with E-state index in [1.807, 2.05) is 26.8 Å². The average Bonchev–Trinajstić information content (AvgIpc) is 2.42. The second-order valence-corrected chi connectivity index (χ2v) is 5.61. The van der Waals surface area contributed by atoms with Crippen molar-refractivity contribution in [1.82, 2.24) is 0 Å². The van der Waals surface area contributed by atoms with Gasteiger partial charge in [-0.25, -0.2) is 0 Å². The van der Waals surface area contributed by atoms with Crippen LogP contribution in [0.5, 0.6) is 0 Å². The van der Waals surface area contributed by atoms with Gasteiger partial charge in [-0.1, -0.05) is 26.8 Å². The van der Waals surface area contributed by atoms with Crippen LogP contribution in [0.15, 0.2) is 18.2 Å². The maximum atomic E-state index is 12.1. The number of nitrogens with one attached hydrogen (secondary N) is 2. The second kappa shape index (κ2) is 7.78. The highest BCUT2D eigenvalue weighted by Crippen LogP contribution is 2.23. The zero-order valence-electron chi connectivity index (χ0n) is 13.2. The minimum Gasteiger partial charge on any atom is -0.326 e. The summed E-state index contributed by atoms with van der Waals surface area (Å²) < 4.78 is 0. The molecule has 1 unspecified atom stereocenters. The van der Waals surface area contributed by atoms with Crippen LogP contribution in [0, 0.1) is 12.8 Å². The highest BCUT2D eigenvalue weighted by molar-refractivity contribution is 5.97. The molecule has 5 heteroatoms. The summed E-state index contributed by atoms with van der Waals surface area (Å²) in [6, 6.07) is 4.88. The van der Waals surface area contributed by atoms with Crippen LogP contribution >= 0.6 is 0 Å². The van der Waals surface area contributed by atoms with Gasteiger partial charge < -0.3 is 16.4 Å². The first-order valence-electron chi connectivity index (χ1n) is 7.31. The lowest BCUT2D eigenvalue weighted by Gasteiger charge is -2.17. The third kappa shape index (κ3) is 5.19. The van der Waals surface area contributed by atoms with Crippen molar-refractivity contribution in [2.24, 2.45) is 11.7 Å². The van der Waals surface area contributed by atoms with Gasteiger partial charge in [0.15, 0.2) is 0 Å². The molecule has 0 aliphatic heterocycles. The molecule has 1 aromatic rings. The van der Waals surface area contributed by atoms with Crippen LogP contribution in [0.25, 0.3) is 0 Å². The summed E-state index contributed by atoms with van der Waals surface area (Å²) in [5, 5.41) is 5.65. The van der Waals surface area contributed by atoms with Crippen molar-refractivity contribution in [3.8, 4) is 0 Å². The van der Waals surface area contributed by atoms with Crippen LogP contribution in [-0.2, 0) is 9.59 Å². The van der Waals surface area contributed by atoms with Gasteiger partial charge in [0.05, 0.1) is 6.04 Å². The van der Waals surface area contributed by atoms with Crippen molar-refractivity contribution in [2.45, 2.75) is 46.6 Å². The van der Waals surface area contributed by atoms with E-state index in [4.69, 9.17) is 5.73 Å². The third-order valence-electron chi connectivity index (χ3n) is 3.25. The Morgan fingerprint density at radius 1 is 1.19 bits per heavy atom. The normalized spacial score (nSPS) is 12.1. The molecule has 0 bridgehead atoms. The van der Waals surface area contributed by atoms with Gasteiger partial charge in [0.1, 0.15) is 0 Å². The molecule has 1 atom stereocenters. The Morgan fingerprint density at radius 3 is 2.29 bits per heavy atom. The fraction of sp³-hybridized carbons (Fsp3) is 0.500. The minimum atomic E-state index is -0.529. The van der Waals surface area contributed by atoms with Crippen molar-refractivity contribution < 1.29 is 9.59 Å². The predicted molar refractivity (Wildman–Crippen MR) is 86.2 cm³/mol. The lowest BCUT2D eigenvalue weighted by atomic mass is 10.0. The van der Waals surface area contributed by atoms with Crippen LogP contribution in [0.1, 0.15) is 39.2 Å². The Balaban J connectivity index is 2.82. The Hall–Kier alpha value is -1.88. The van der Waals surface area contributed by atoms with Crippen LogP contribution in [0.3, 0.4) is 0 Å². The van der Waals surface area contributed by atoms with E-state index in [1.165, 1.54) is 0 Å². The molecule has 0 radical (unpaired) electrons. The first kappa shape index (κ1) is 17.2. The van der Waals surface area contributed by atoms with Crippen LogP contribution < -0.4 is 16.4 Å². The fourth-order valence-electron chi connectivity index (χ4n) is 1.99. The third-order valence-corrected chi connectivity index (χ3v) is 3.25. The Labute approximate surface area is 126 Å². The minimum absolute atomic E-state index is 0.0573. The lowest BCUT2D eigenvalue weighted by molar-refractivity contribution is -0.118. The summed E-state index contributed by atoms with van der Waals surface area (Å²) >= 11 is 0. The number of amides is 2. The summed E-state index contributed by atoms with van der Waals surface area (Å²) in [4.78, 5) is 23.5. The lowest BCUT2D eigenvalue weighted by Crippen LogP contribution is -2.36. The van der Waals surface area contributed by atoms with Gasteiger partial charge in [-0.2, -0.15) is 0 Å². The van der Waals surface area contributed by atoms with Gasteiger partial charge in [0.2, 0.25) is 11.8 Å². The molecule has 0 fully saturated rings. The number of rotatable bonds is 6. The number of nitrogens with two attached hydrogens (primary N) is 1. The van der Waals surface area contributed by atoms with Gasteiger partial charge in [-0.15, -0.1) is 0 Å². The van der Waals surface area contributed by atoms with Crippen molar-refractivity contribution >= 4 is 23.2 Å². The predicted octanol–water partition coefficient (Wildman–Crippen LogP) is 2.66. The SMILES string of the molecule is CCC(=O)Nc1cccc(NC(=O)C(N)CC(C)C)c1C. The maximum absolute atomic E-state index is 12.1. The van der Waals surface area contributed by atoms with Crippen LogP contribution in [0.2, 0.25) is 0 Å². The molecule has 0 aromatic heterocycles. The Bertz CT molecular complexity index is 512. The van der Waals surface area contributed by atoms with Gasteiger partial charge in [0.25, 0.3) is 0 Å². The summed E-state index contributed by atoms with van der Waals surface area (Å²) in [7, 11) is 0. The molecule has 0 spiro atoms. The number of hydrogen-bond donors (Lipinski definition) is 3. The smallest absolute Gasteiger partial charge is 0.241 e. The van der Waals surface area contributed by atoms with Crippen molar-refractivity contribution in [1.29, 1.82) is 0 Å². The second-order valence-electron chi connectivity index (χ2n) is 5.61. The van der Waals surface area contributed by atoms with E-state index in [-0.39, 0.29) is 11.8 Å². The molecule has 0 aliphatic carbocycles. The zero-order valence-corrected chi connectivity index (χ0v) is 13.2. The van der Waals surface area contributed by atoms with Crippen molar-refractivity contribution in [3.63, 3.8) is 0 Å². The molecule has 1 aromatic carbocycles. The van der Waals surface area contributed by atoms with E-state index in [0.29, 0.717) is 30.1 Å². The molecule has 4 N–H and O–H groups in total. The summed E-state index contributed by atoms with van der Waals surface area (Å²) in [5.41, 5.74) is 8.08. The van der Waals surface area contributed by atoms with Crippen molar-refractivity contribution in [2.75, 3.05) is 10.6 Å². The number of anilines is 2. The van der Waals surface area contributed by atoms with Crippen LogP contribution in [0.4, 0.5) is 11.4 Å². The molecular formula is C16H25N3O2. The zero-order chi connectivity index (χ0) is 16.0. The summed E-state index contributed by atoms with van der Waals surface area (Å²) in [6.45, 7) is 7.70. The molecule has 2 amide bonds. The first-order chi connectivity index (χ1) is 9.85. The number of hydrogen-bond acceptors (Lipinski definition) is 3. The molecule has 21 heavy (non-hydrogen) atoms. The van der Waals surface area contributed by atoms with E-state index in [2.05, 4.69) is 10.6 Å². The maximum Gasteiger partial charge on any atom is 0.241 e. The fourth-order valence-corrected chi connectivity index (χ4v) is 1.99. The Morgan fingerprint density at radius 2 is 1.76 bits per heavy atom. The monoisotopic (exact) mass is 291 g/mol. The van der Waals surface area contributed by atoms with E-state index in [1.54, 1.807) is 19.1 Å². The first-order valence-corrected chi connectivity index (χ1v) is 7.31. The molecule has 116 valence electrons.